The fourth-order valence-corrected chi connectivity index (χ4v) is 2.79. The second kappa shape index (κ2) is 8.77. The molecule has 29 heavy (non-hydrogen) atoms. The molecule has 0 bridgehead atoms. The number of aromatic nitrogens is 2. The number of methoxy groups -OCH3 is 1. The van der Waals surface area contributed by atoms with Crippen molar-refractivity contribution in [1.29, 1.82) is 0 Å². The van der Waals surface area contributed by atoms with Crippen LogP contribution in [0.25, 0.3) is 11.4 Å². The number of para-hydroxylation sites is 1. The van der Waals surface area contributed by atoms with E-state index >= 15 is 0 Å². The number of nitrogens with zero attached hydrogens (tertiary/aromatic N) is 2. The Morgan fingerprint density at radius 1 is 1.14 bits per heavy atom. The van der Waals surface area contributed by atoms with E-state index in [-0.39, 0.29) is 24.5 Å². The van der Waals surface area contributed by atoms with Crippen molar-refractivity contribution < 1.29 is 18.8 Å². The van der Waals surface area contributed by atoms with Crippen LogP contribution in [-0.4, -0.2) is 29.8 Å². The summed E-state index contributed by atoms with van der Waals surface area (Å²) in [7, 11) is 1.60. The van der Waals surface area contributed by atoms with Gasteiger partial charge in [0.2, 0.25) is 11.7 Å². The predicted octanol–water partition coefficient (Wildman–Crippen LogP) is 3.74. The van der Waals surface area contributed by atoms with Gasteiger partial charge in [0.25, 0.3) is 5.91 Å². The molecular formula is C22H25N3O4. The summed E-state index contributed by atoms with van der Waals surface area (Å²) in [6, 6.07) is 15.1. The van der Waals surface area contributed by atoms with E-state index in [0.717, 1.165) is 11.1 Å². The minimum absolute atomic E-state index is 0.0760. The van der Waals surface area contributed by atoms with Crippen LogP contribution in [0.5, 0.6) is 11.5 Å². The highest BCUT2D eigenvalue weighted by Gasteiger charge is 2.19. The van der Waals surface area contributed by atoms with E-state index in [1.54, 1.807) is 7.11 Å². The fraction of sp³-hybridized carbons (Fsp3) is 0.318. The zero-order chi connectivity index (χ0) is 20.9. The van der Waals surface area contributed by atoms with Crippen molar-refractivity contribution in [3.63, 3.8) is 0 Å². The Bertz CT molecular complexity index is 976. The molecule has 1 amide bonds. The third kappa shape index (κ3) is 5.34. The maximum absolute atomic E-state index is 12.2. The average Bonchev–Trinajstić information content (AvgIpc) is 3.19. The highest BCUT2D eigenvalue weighted by atomic mass is 16.5. The molecule has 0 aliphatic rings. The van der Waals surface area contributed by atoms with Gasteiger partial charge in [-0.2, -0.15) is 4.98 Å². The number of carbonyl (C=O) groups is 1. The average molecular weight is 395 g/mol. The molecule has 0 fully saturated rings. The molecule has 0 aliphatic carbocycles. The number of benzene rings is 2. The van der Waals surface area contributed by atoms with Crippen molar-refractivity contribution >= 4 is 5.91 Å². The first-order valence-corrected chi connectivity index (χ1v) is 9.33. The summed E-state index contributed by atoms with van der Waals surface area (Å²) in [5.41, 5.74) is 1.74. The predicted molar refractivity (Wildman–Crippen MR) is 109 cm³/mol. The van der Waals surface area contributed by atoms with Gasteiger partial charge in [-0.25, -0.2) is 0 Å². The van der Waals surface area contributed by atoms with Gasteiger partial charge in [0.15, 0.2) is 6.61 Å². The van der Waals surface area contributed by atoms with Crippen LogP contribution in [0, 0.1) is 0 Å². The van der Waals surface area contributed by atoms with E-state index in [4.69, 9.17) is 14.0 Å². The normalized spacial score (nSPS) is 11.2. The highest BCUT2D eigenvalue weighted by Crippen LogP contribution is 2.30. The second-order valence-electron chi connectivity index (χ2n) is 7.56. The zero-order valence-electron chi connectivity index (χ0n) is 17.1. The standard InChI is InChI=1S/C22H25N3O4/c1-22(2,3)17-10-5-6-11-18(17)28-14-19(26)23-13-20-24-21(25-29-20)15-8-7-9-16(12-15)27-4/h5-12H,13-14H2,1-4H3,(H,23,26). The number of carbonyl (C=O) groups excluding carboxylic acids is 1. The molecule has 7 heteroatoms. The van der Waals surface area contributed by atoms with Crippen LogP contribution in [0.3, 0.4) is 0 Å². The van der Waals surface area contributed by atoms with Crippen LogP contribution >= 0.6 is 0 Å². The molecule has 0 spiro atoms. The Kier molecular flexibility index (Phi) is 6.16. The Morgan fingerprint density at radius 3 is 2.69 bits per heavy atom. The first-order chi connectivity index (χ1) is 13.9. The molecule has 0 atom stereocenters. The molecule has 0 aliphatic heterocycles. The minimum atomic E-state index is -0.269. The molecule has 2 aromatic carbocycles. The first kappa shape index (κ1) is 20.4. The van der Waals surface area contributed by atoms with Crippen LogP contribution in [0.4, 0.5) is 0 Å². The van der Waals surface area contributed by atoms with Gasteiger partial charge in [-0.3, -0.25) is 4.79 Å². The molecule has 7 nitrogen and oxygen atoms in total. The molecule has 0 saturated heterocycles. The van der Waals surface area contributed by atoms with Gasteiger partial charge in [-0.1, -0.05) is 56.3 Å². The van der Waals surface area contributed by atoms with Gasteiger partial charge in [0, 0.05) is 5.56 Å². The van der Waals surface area contributed by atoms with Crippen molar-refractivity contribution in [2.45, 2.75) is 32.7 Å². The minimum Gasteiger partial charge on any atom is -0.497 e. The number of amides is 1. The lowest BCUT2D eigenvalue weighted by atomic mass is 9.86. The van der Waals surface area contributed by atoms with Crippen LogP contribution in [0.2, 0.25) is 0 Å². The van der Waals surface area contributed by atoms with Gasteiger partial charge in [0.05, 0.1) is 13.7 Å². The monoisotopic (exact) mass is 395 g/mol. The van der Waals surface area contributed by atoms with E-state index in [2.05, 4.69) is 36.2 Å². The number of hydrogen-bond donors (Lipinski definition) is 1. The third-order valence-electron chi connectivity index (χ3n) is 4.29. The van der Waals surface area contributed by atoms with E-state index in [1.807, 2.05) is 48.5 Å². The number of hydrogen-bond acceptors (Lipinski definition) is 6. The van der Waals surface area contributed by atoms with E-state index in [9.17, 15) is 4.79 Å². The molecule has 1 N–H and O–H groups in total. The molecule has 0 saturated carbocycles. The molecule has 1 heterocycles. The summed E-state index contributed by atoms with van der Waals surface area (Å²) < 4.78 is 16.1. The quantitative estimate of drug-likeness (QED) is 0.656. The molecular weight excluding hydrogens is 370 g/mol. The van der Waals surface area contributed by atoms with Gasteiger partial charge in [-0.05, 0) is 29.2 Å². The maximum Gasteiger partial charge on any atom is 0.258 e. The van der Waals surface area contributed by atoms with Crippen LogP contribution < -0.4 is 14.8 Å². The van der Waals surface area contributed by atoms with Gasteiger partial charge in [0.1, 0.15) is 11.5 Å². The van der Waals surface area contributed by atoms with Gasteiger partial charge < -0.3 is 19.3 Å². The molecule has 1 aromatic heterocycles. The van der Waals surface area contributed by atoms with E-state index in [0.29, 0.717) is 23.2 Å². The smallest absolute Gasteiger partial charge is 0.258 e. The lowest BCUT2D eigenvalue weighted by Gasteiger charge is -2.22. The summed E-state index contributed by atoms with van der Waals surface area (Å²) in [6.07, 6.45) is 0. The largest absolute Gasteiger partial charge is 0.497 e. The molecule has 0 unspecified atom stereocenters. The Hall–Kier alpha value is -3.35. The number of ether oxygens (including phenoxy) is 2. The van der Waals surface area contributed by atoms with Crippen LogP contribution in [0.1, 0.15) is 32.2 Å². The van der Waals surface area contributed by atoms with E-state index < -0.39 is 0 Å². The van der Waals surface area contributed by atoms with Crippen molar-refractivity contribution in [3.8, 4) is 22.9 Å². The molecule has 3 aromatic rings. The van der Waals surface area contributed by atoms with Crippen molar-refractivity contribution in [2.24, 2.45) is 0 Å². The Morgan fingerprint density at radius 2 is 1.93 bits per heavy atom. The lowest BCUT2D eigenvalue weighted by molar-refractivity contribution is -0.123. The van der Waals surface area contributed by atoms with Crippen molar-refractivity contribution in [1.82, 2.24) is 15.5 Å². The Balaban J connectivity index is 1.55. The second-order valence-corrected chi connectivity index (χ2v) is 7.56. The van der Waals surface area contributed by atoms with Gasteiger partial charge >= 0.3 is 0 Å². The number of nitrogens with one attached hydrogen (secondary N) is 1. The zero-order valence-corrected chi connectivity index (χ0v) is 17.1. The Labute approximate surface area is 170 Å². The third-order valence-corrected chi connectivity index (χ3v) is 4.29. The topological polar surface area (TPSA) is 86.5 Å². The maximum atomic E-state index is 12.2. The van der Waals surface area contributed by atoms with Crippen molar-refractivity contribution in [2.75, 3.05) is 13.7 Å². The number of rotatable bonds is 7. The first-order valence-electron chi connectivity index (χ1n) is 9.33. The summed E-state index contributed by atoms with van der Waals surface area (Å²) in [6.45, 7) is 6.34. The molecule has 0 radical (unpaired) electrons. The summed E-state index contributed by atoms with van der Waals surface area (Å²) in [5, 5.41) is 6.68. The van der Waals surface area contributed by atoms with Gasteiger partial charge in [-0.15, -0.1) is 0 Å². The molecule has 152 valence electrons. The fourth-order valence-electron chi connectivity index (χ4n) is 2.79. The van der Waals surface area contributed by atoms with Crippen LogP contribution in [0.15, 0.2) is 53.1 Å². The molecule has 3 rings (SSSR count). The summed E-state index contributed by atoms with van der Waals surface area (Å²) >= 11 is 0. The van der Waals surface area contributed by atoms with Crippen LogP contribution in [-0.2, 0) is 16.8 Å². The highest BCUT2D eigenvalue weighted by molar-refractivity contribution is 5.77. The summed E-state index contributed by atoms with van der Waals surface area (Å²) in [4.78, 5) is 16.5. The van der Waals surface area contributed by atoms with Crippen molar-refractivity contribution in [3.05, 3.63) is 60.0 Å². The SMILES string of the molecule is COc1cccc(-c2noc(CNC(=O)COc3ccccc3C(C)(C)C)n2)c1. The lowest BCUT2D eigenvalue weighted by Crippen LogP contribution is -2.29. The summed E-state index contributed by atoms with van der Waals surface area (Å²) in [5.74, 6) is 1.88. The van der Waals surface area contributed by atoms with E-state index in [1.165, 1.54) is 0 Å².